The van der Waals surface area contributed by atoms with Crippen LogP contribution < -0.4 is 0 Å². The van der Waals surface area contributed by atoms with Crippen LogP contribution in [0.1, 0.15) is 31.7 Å². The van der Waals surface area contributed by atoms with Gasteiger partial charge in [0, 0.05) is 0 Å². The zero-order valence-electron chi connectivity index (χ0n) is 7.04. The van der Waals surface area contributed by atoms with Crippen LogP contribution in [-0.2, 0) is 0 Å². The molecule has 0 aliphatic carbocycles. The van der Waals surface area contributed by atoms with Crippen LogP contribution in [0.3, 0.4) is 0 Å². The van der Waals surface area contributed by atoms with Crippen LogP contribution in [-0.4, -0.2) is 22.5 Å². The molecule has 0 spiro atoms. The molecule has 0 saturated carbocycles. The van der Waals surface area contributed by atoms with Crippen molar-refractivity contribution in [3.8, 4) is 5.75 Å². The summed E-state index contributed by atoms with van der Waals surface area (Å²) in [6.07, 6.45) is 1.07. The van der Waals surface area contributed by atoms with Crippen molar-refractivity contribution in [2.45, 2.75) is 26.2 Å². The SMILES string of the molecule is CCC(C)c1ccccc1O.[AlH3]. The van der Waals surface area contributed by atoms with Crippen molar-refractivity contribution in [1.29, 1.82) is 0 Å². The lowest BCUT2D eigenvalue weighted by Gasteiger charge is -2.09. The molecule has 1 aromatic rings. The Balaban J connectivity index is 0.00000121. The second-order valence-electron chi connectivity index (χ2n) is 2.87. The van der Waals surface area contributed by atoms with Crippen molar-refractivity contribution in [3.63, 3.8) is 0 Å². The maximum Gasteiger partial charge on any atom is 0.187 e. The first-order chi connectivity index (χ1) is 5.25. The summed E-state index contributed by atoms with van der Waals surface area (Å²) >= 11 is 0. The monoisotopic (exact) mass is 180 g/mol. The quantitative estimate of drug-likeness (QED) is 0.687. The van der Waals surface area contributed by atoms with Crippen LogP contribution in [0.25, 0.3) is 0 Å². The zero-order valence-corrected chi connectivity index (χ0v) is 7.04. The Morgan fingerprint density at radius 3 is 2.42 bits per heavy atom. The van der Waals surface area contributed by atoms with Crippen LogP contribution >= 0.6 is 0 Å². The second-order valence-corrected chi connectivity index (χ2v) is 2.87. The highest BCUT2D eigenvalue weighted by Gasteiger charge is 2.05. The summed E-state index contributed by atoms with van der Waals surface area (Å²) < 4.78 is 0. The summed E-state index contributed by atoms with van der Waals surface area (Å²) in [7, 11) is 0. The van der Waals surface area contributed by atoms with Crippen LogP contribution in [0.5, 0.6) is 5.75 Å². The fourth-order valence-electron chi connectivity index (χ4n) is 1.12. The molecular weight excluding hydrogens is 163 g/mol. The lowest BCUT2D eigenvalue weighted by atomic mass is 9.98. The molecule has 0 aliphatic heterocycles. The van der Waals surface area contributed by atoms with Crippen molar-refractivity contribution in [2.75, 3.05) is 0 Å². The first kappa shape index (κ1) is 11.6. The summed E-state index contributed by atoms with van der Waals surface area (Å²) in [5, 5.41) is 9.41. The van der Waals surface area contributed by atoms with Gasteiger partial charge in [-0.1, -0.05) is 32.0 Å². The van der Waals surface area contributed by atoms with Crippen LogP contribution in [0, 0.1) is 0 Å². The predicted octanol–water partition coefficient (Wildman–Crippen LogP) is 1.72. The molecule has 0 fully saturated rings. The highest BCUT2D eigenvalue weighted by Crippen LogP contribution is 2.26. The fourth-order valence-corrected chi connectivity index (χ4v) is 1.12. The Labute approximate surface area is 84.6 Å². The van der Waals surface area contributed by atoms with E-state index in [0.29, 0.717) is 11.7 Å². The molecule has 12 heavy (non-hydrogen) atoms. The molecule has 0 aliphatic rings. The van der Waals surface area contributed by atoms with E-state index in [1.165, 1.54) is 0 Å². The minimum Gasteiger partial charge on any atom is -0.508 e. The van der Waals surface area contributed by atoms with Crippen molar-refractivity contribution in [3.05, 3.63) is 29.8 Å². The smallest absolute Gasteiger partial charge is 0.187 e. The van der Waals surface area contributed by atoms with Gasteiger partial charge in [0.15, 0.2) is 17.4 Å². The average Bonchev–Trinajstić information content (AvgIpc) is 2.04. The van der Waals surface area contributed by atoms with E-state index in [4.69, 9.17) is 0 Å². The molecule has 1 aromatic carbocycles. The topological polar surface area (TPSA) is 20.2 Å². The Morgan fingerprint density at radius 2 is 1.92 bits per heavy atom. The van der Waals surface area contributed by atoms with Crippen molar-refractivity contribution in [2.24, 2.45) is 0 Å². The van der Waals surface area contributed by atoms with Gasteiger partial charge in [0.05, 0.1) is 0 Å². The van der Waals surface area contributed by atoms with E-state index in [9.17, 15) is 5.11 Å². The summed E-state index contributed by atoms with van der Waals surface area (Å²) in [5.74, 6) is 0.873. The molecule has 0 bridgehead atoms. The Bertz CT molecular complexity index is 235. The van der Waals surface area contributed by atoms with Crippen molar-refractivity contribution < 1.29 is 5.11 Å². The normalized spacial score (nSPS) is 11.8. The first-order valence-electron chi connectivity index (χ1n) is 4.03. The standard InChI is InChI=1S/C10H14O.Al.3H/c1-3-8(2)9-6-4-5-7-10(9)11;;;;/h4-8,11H,3H2,1-2H3;;;;. The lowest BCUT2D eigenvalue weighted by molar-refractivity contribution is 0.462. The number of benzene rings is 1. The first-order valence-corrected chi connectivity index (χ1v) is 4.03. The number of para-hydroxylation sites is 1. The maximum absolute atomic E-state index is 9.41. The molecule has 1 N–H and O–H groups in total. The summed E-state index contributed by atoms with van der Waals surface area (Å²) in [5.41, 5.74) is 1.05. The highest BCUT2D eigenvalue weighted by atomic mass is 27.0. The maximum atomic E-state index is 9.41. The number of aromatic hydroxyl groups is 1. The molecule has 1 atom stereocenters. The van der Waals surface area contributed by atoms with Gasteiger partial charge in [-0.25, -0.2) is 0 Å². The van der Waals surface area contributed by atoms with E-state index in [1.807, 2.05) is 18.2 Å². The van der Waals surface area contributed by atoms with Crippen molar-refractivity contribution in [1.82, 2.24) is 0 Å². The van der Waals surface area contributed by atoms with Gasteiger partial charge in [-0.2, -0.15) is 0 Å². The van der Waals surface area contributed by atoms with Crippen molar-refractivity contribution >= 4 is 17.4 Å². The fraction of sp³-hybridized carbons (Fsp3) is 0.400. The third-order valence-corrected chi connectivity index (χ3v) is 2.08. The molecule has 1 nitrogen and oxygen atoms in total. The lowest BCUT2D eigenvalue weighted by Crippen LogP contribution is -1.90. The van der Waals surface area contributed by atoms with Gasteiger partial charge in [-0.3, -0.25) is 0 Å². The molecule has 0 radical (unpaired) electrons. The van der Waals surface area contributed by atoms with Crippen LogP contribution in [0.4, 0.5) is 0 Å². The Morgan fingerprint density at radius 1 is 1.33 bits per heavy atom. The molecule has 0 heterocycles. The molecule has 0 aromatic heterocycles. The molecule has 0 saturated heterocycles. The Hall–Kier alpha value is -0.448. The molecule has 1 unspecified atom stereocenters. The van der Waals surface area contributed by atoms with E-state index in [1.54, 1.807) is 6.07 Å². The average molecular weight is 180 g/mol. The third-order valence-electron chi connectivity index (χ3n) is 2.08. The van der Waals surface area contributed by atoms with Gasteiger partial charge in [-0.15, -0.1) is 0 Å². The van der Waals surface area contributed by atoms with Gasteiger partial charge >= 0.3 is 0 Å². The number of hydrogen-bond donors (Lipinski definition) is 1. The van der Waals surface area contributed by atoms with E-state index in [0.717, 1.165) is 12.0 Å². The Kier molecular flexibility index (Phi) is 5.05. The number of phenols is 1. The van der Waals surface area contributed by atoms with E-state index >= 15 is 0 Å². The number of rotatable bonds is 2. The number of phenolic OH excluding ortho intramolecular Hbond substituents is 1. The summed E-state index contributed by atoms with van der Waals surface area (Å²) in [6, 6.07) is 7.52. The minimum atomic E-state index is 0. The van der Waals surface area contributed by atoms with Crippen LogP contribution in [0.15, 0.2) is 24.3 Å². The second kappa shape index (κ2) is 5.24. The van der Waals surface area contributed by atoms with Crippen LogP contribution in [0.2, 0.25) is 0 Å². The van der Waals surface area contributed by atoms with E-state index < -0.39 is 0 Å². The van der Waals surface area contributed by atoms with Gasteiger partial charge < -0.3 is 5.11 Å². The number of hydrogen-bond acceptors (Lipinski definition) is 1. The molecule has 1 rings (SSSR count). The molecule has 2 heteroatoms. The summed E-state index contributed by atoms with van der Waals surface area (Å²) in [6.45, 7) is 4.24. The summed E-state index contributed by atoms with van der Waals surface area (Å²) in [4.78, 5) is 0. The van der Waals surface area contributed by atoms with Gasteiger partial charge in [0.25, 0.3) is 0 Å². The predicted molar refractivity (Wildman–Crippen MR) is 56.8 cm³/mol. The molecule has 0 amide bonds. The largest absolute Gasteiger partial charge is 0.508 e. The molecular formula is C10H17AlO. The van der Waals surface area contributed by atoms with E-state index in [-0.39, 0.29) is 17.4 Å². The van der Waals surface area contributed by atoms with E-state index in [2.05, 4.69) is 13.8 Å². The minimum absolute atomic E-state index is 0. The van der Waals surface area contributed by atoms with Gasteiger partial charge in [0.1, 0.15) is 5.75 Å². The highest BCUT2D eigenvalue weighted by molar-refractivity contribution is 5.75. The van der Waals surface area contributed by atoms with Gasteiger partial charge in [-0.05, 0) is 24.0 Å². The van der Waals surface area contributed by atoms with Gasteiger partial charge in [0.2, 0.25) is 0 Å². The molecule has 66 valence electrons. The zero-order chi connectivity index (χ0) is 8.27. The third kappa shape index (κ3) is 2.55.